The van der Waals surface area contributed by atoms with Crippen LogP contribution in [0.15, 0.2) is 0 Å². The van der Waals surface area contributed by atoms with Crippen molar-refractivity contribution in [3.8, 4) is 0 Å². The molecule has 1 heterocycles. The van der Waals surface area contributed by atoms with Gasteiger partial charge in [-0.3, -0.25) is 9.80 Å². The van der Waals surface area contributed by atoms with Gasteiger partial charge in [-0.05, 0) is 25.7 Å². The van der Waals surface area contributed by atoms with E-state index in [1.54, 1.807) is 11.9 Å². The number of carbonyl (C=O) groups excluding carboxylic acids is 1. The molecule has 2 rings (SSSR count). The van der Waals surface area contributed by atoms with E-state index < -0.39 is 6.10 Å². The molecule has 0 radical (unpaired) electrons. The maximum atomic E-state index is 11.5. The zero-order valence-electron chi connectivity index (χ0n) is 8.57. The fourth-order valence-electron chi connectivity index (χ4n) is 2.15. The number of amides is 1. The fourth-order valence-corrected chi connectivity index (χ4v) is 2.15. The Morgan fingerprint density at radius 1 is 1.64 bits per heavy atom. The van der Waals surface area contributed by atoms with E-state index in [1.165, 1.54) is 19.3 Å². The zero-order chi connectivity index (χ0) is 10.1. The second kappa shape index (κ2) is 3.87. The van der Waals surface area contributed by atoms with Gasteiger partial charge in [0.15, 0.2) is 0 Å². The SMILES string of the molecule is CC(O)CN1NC(C2CCC2)CC1=O. The molecule has 0 aromatic carbocycles. The summed E-state index contributed by atoms with van der Waals surface area (Å²) in [4.78, 5) is 11.5. The van der Waals surface area contributed by atoms with Crippen molar-refractivity contribution in [2.45, 2.75) is 44.8 Å². The minimum atomic E-state index is -0.452. The van der Waals surface area contributed by atoms with Crippen LogP contribution in [-0.2, 0) is 4.79 Å². The lowest BCUT2D eigenvalue weighted by atomic mass is 9.79. The molecule has 2 aliphatic rings. The van der Waals surface area contributed by atoms with E-state index in [2.05, 4.69) is 5.43 Å². The van der Waals surface area contributed by atoms with Crippen molar-refractivity contribution in [2.75, 3.05) is 6.54 Å². The van der Waals surface area contributed by atoms with Crippen molar-refractivity contribution in [2.24, 2.45) is 5.92 Å². The smallest absolute Gasteiger partial charge is 0.238 e. The molecular formula is C10H18N2O2. The van der Waals surface area contributed by atoms with Crippen LogP contribution < -0.4 is 5.43 Å². The van der Waals surface area contributed by atoms with Crippen LogP contribution in [0.2, 0.25) is 0 Å². The van der Waals surface area contributed by atoms with Crippen LogP contribution in [0.3, 0.4) is 0 Å². The van der Waals surface area contributed by atoms with Gasteiger partial charge in [0.05, 0.1) is 12.6 Å². The number of aliphatic hydroxyl groups is 1. The first-order valence-electron chi connectivity index (χ1n) is 5.41. The Hall–Kier alpha value is -0.610. The van der Waals surface area contributed by atoms with Gasteiger partial charge in [-0.1, -0.05) is 6.42 Å². The standard InChI is InChI=1S/C10H18N2O2/c1-7(13)6-12-10(14)5-9(11-12)8-3-2-4-8/h7-9,11,13H,2-6H2,1H3. The molecule has 0 bridgehead atoms. The monoisotopic (exact) mass is 198 g/mol. The lowest BCUT2D eigenvalue weighted by molar-refractivity contribution is -0.130. The molecule has 1 saturated carbocycles. The molecule has 4 heteroatoms. The Kier molecular flexibility index (Phi) is 2.74. The van der Waals surface area contributed by atoms with Gasteiger partial charge in [-0.2, -0.15) is 0 Å². The summed E-state index contributed by atoms with van der Waals surface area (Å²) in [5, 5.41) is 10.8. The van der Waals surface area contributed by atoms with E-state index in [9.17, 15) is 9.90 Å². The highest BCUT2D eigenvalue weighted by Gasteiger charge is 2.36. The number of hydrogen-bond donors (Lipinski definition) is 2. The third kappa shape index (κ3) is 1.91. The summed E-state index contributed by atoms with van der Waals surface area (Å²) in [6, 6.07) is 0.329. The quantitative estimate of drug-likeness (QED) is 0.684. The first-order valence-corrected chi connectivity index (χ1v) is 5.41. The van der Waals surface area contributed by atoms with Gasteiger partial charge in [0.25, 0.3) is 0 Å². The number of hydrogen-bond acceptors (Lipinski definition) is 3. The van der Waals surface area contributed by atoms with E-state index in [0.717, 1.165) is 0 Å². The average Bonchev–Trinajstić information content (AvgIpc) is 2.27. The minimum absolute atomic E-state index is 0.128. The van der Waals surface area contributed by atoms with Gasteiger partial charge < -0.3 is 5.11 Å². The van der Waals surface area contributed by atoms with Crippen LogP contribution in [0.1, 0.15) is 32.6 Å². The van der Waals surface area contributed by atoms with E-state index in [1.807, 2.05) is 0 Å². The summed E-state index contributed by atoms with van der Waals surface area (Å²) in [7, 11) is 0. The average molecular weight is 198 g/mol. The van der Waals surface area contributed by atoms with Crippen LogP contribution in [0.25, 0.3) is 0 Å². The van der Waals surface area contributed by atoms with Gasteiger partial charge >= 0.3 is 0 Å². The molecule has 0 aromatic rings. The Bertz CT molecular complexity index is 226. The molecule has 4 nitrogen and oxygen atoms in total. The number of aliphatic hydroxyl groups excluding tert-OH is 1. The number of rotatable bonds is 3. The Morgan fingerprint density at radius 3 is 2.86 bits per heavy atom. The normalized spacial score (nSPS) is 30.6. The molecule has 2 atom stereocenters. The number of β-amino-alcohol motifs (C(OH)–C–C–N with tert-alkyl or cyclic N) is 1. The van der Waals surface area contributed by atoms with Crippen molar-refractivity contribution in [1.82, 2.24) is 10.4 Å². The molecular weight excluding hydrogens is 180 g/mol. The van der Waals surface area contributed by atoms with Crippen LogP contribution in [-0.4, -0.2) is 34.7 Å². The summed E-state index contributed by atoms with van der Waals surface area (Å²) in [5.74, 6) is 0.806. The van der Waals surface area contributed by atoms with Crippen molar-refractivity contribution >= 4 is 5.91 Å². The summed E-state index contributed by atoms with van der Waals surface area (Å²) < 4.78 is 0. The van der Waals surface area contributed by atoms with E-state index in [0.29, 0.717) is 24.9 Å². The number of nitrogens with zero attached hydrogens (tertiary/aromatic N) is 1. The Balaban J connectivity index is 1.86. The summed E-state index contributed by atoms with van der Waals surface area (Å²) in [5.41, 5.74) is 3.20. The summed E-state index contributed by atoms with van der Waals surface area (Å²) in [6.07, 6.45) is 3.94. The topological polar surface area (TPSA) is 52.6 Å². The molecule has 2 fully saturated rings. The highest BCUT2D eigenvalue weighted by Crippen LogP contribution is 2.33. The second-order valence-electron chi connectivity index (χ2n) is 4.48. The van der Waals surface area contributed by atoms with E-state index >= 15 is 0 Å². The van der Waals surface area contributed by atoms with Crippen molar-refractivity contribution in [1.29, 1.82) is 0 Å². The molecule has 1 aliphatic heterocycles. The number of nitrogens with one attached hydrogen (secondary N) is 1. The predicted molar refractivity (Wildman–Crippen MR) is 52.3 cm³/mol. The third-order valence-electron chi connectivity index (χ3n) is 3.18. The maximum Gasteiger partial charge on any atom is 0.238 e. The zero-order valence-corrected chi connectivity index (χ0v) is 8.57. The lowest BCUT2D eigenvalue weighted by Gasteiger charge is -2.31. The largest absolute Gasteiger partial charge is 0.392 e. The van der Waals surface area contributed by atoms with E-state index in [4.69, 9.17) is 0 Å². The molecule has 80 valence electrons. The molecule has 14 heavy (non-hydrogen) atoms. The molecule has 1 amide bonds. The molecule has 2 N–H and O–H groups in total. The maximum absolute atomic E-state index is 11.5. The predicted octanol–water partition coefficient (Wildman–Crippen LogP) is 0.273. The lowest BCUT2D eigenvalue weighted by Crippen LogP contribution is -2.44. The minimum Gasteiger partial charge on any atom is -0.392 e. The van der Waals surface area contributed by atoms with Crippen molar-refractivity contribution in [3.63, 3.8) is 0 Å². The van der Waals surface area contributed by atoms with Gasteiger partial charge in [0.2, 0.25) is 5.91 Å². The molecule has 1 aliphatic carbocycles. The molecule has 2 unspecified atom stereocenters. The second-order valence-corrected chi connectivity index (χ2v) is 4.48. The van der Waals surface area contributed by atoms with Gasteiger partial charge in [0.1, 0.15) is 0 Å². The van der Waals surface area contributed by atoms with Crippen LogP contribution in [0, 0.1) is 5.92 Å². The highest BCUT2D eigenvalue weighted by atomic mass is 16.3. The van der Waals surface area contributed by atoms with E-state index in [-0.39, 0.29) is 5.91 Å². The third-order valence-corrected chi connectivity index (χ3v) is 3.18. The van der Waals surface area contributed by atoms with Crippen LogP contribution in [0.4, 0.5) is 0 Å². The first-order chi connectivity index (χ1) is 6.66. The van der Waals surface area contributed by atoms with Gasteiger partial charge in [-0.25, -0.2) is 5.43 Å². The van der Waals surface area contributed by atoms with Crippen LogP contribution in [0.5, 0.6) is 0 Å². The molecule has 0 aromatic heterocycles. The molecule has 1 saturated heterocycles. The van der Waals surface area contributed by atoms with Crippen LogP contribution >= 0.6 is 0 Å². The summed E-state index contributed by atoms with van der Waals surface area (Å²) in [6.45, 7) is 2.10. The summed E-state index contributed by atoms with van der Waals surface area (Å²) >= 11 is 0. The van der Waals surface area contributed by atoms with Gasteiger partial charge in [0, 0.05) is 12.5 Å². The Labute approximate surface area is 84.2 Å². The van der Waals surface area contributed by atoms with Crippen molar-refractivity contribution < 1.29 is 9.90 Å². The fraction of sp³-hybridized carbons (Fsp3) is 0.900. The Morgan fingerprint density at radius 2 is 2.36 bits per heavy atom. The first kappa shape index (κ1) is 9.93. The number of hydrazine groups is 1. The van der Waals surface area contributed by atoms with Gasteiger partial charge in [-0.15, -0.1) is 0 Å². The highest BCUT2D eigenvalue weighted by molar-refractivity contribution is 5.78. The number of carbonyl (C=O) groups is 1. The van der Waals surface area contributed by atoms with Crippen molar-refractivity contribution in [3.05, 3.63) is 0 Å². The molecule has 0 spiro atoms.